The molecule has 3 N–H and O–H groups in total. The van der Waals surface area contributed by atoms with Gasteiger partial charge in [0.1, 0.15) is 6.10 Å². The molecule has 54 heavy (non-hydrogen) atoms. The van der Waals surface area contributed by atoms with E-state index < -0.39 is 13.9 Å². The third-order valence-corrected chi connectivity index (χ3v) is 11.2. The van der Waals surface area contributed by atoms with Gasteiger partial charge in [0.15, 0.2) is 0 Å². The minimum atomic E-state index is -4.27. The van der Waals surface area contributed by atoms with Gasteiger partial charge in [0.25, 0.3) is 0 Å². The van der Waals surface area contributed by atoms with Gasteiger partial charge >= 0.3 is 13.8 Å². The van der Waals surface area contributed by atoms with Crippen molar-refractivity contribution in [2.24, 2.45) is 5.73 Å². The number of esters is 1. The van der Waals surface area contributed by atoms with Crippen molar-refractivity contribution in [3.8, 4) is 0 Å². The van der Waals surface area contributed by atoms with Crippen molar-refractivity contribution in [3.05, 3.63) is 12.2 Å². The fraction of sp³-hybridized carbons (Fsp3) is 0.933. The van der Waals surface area contributed by atoms with Crippen LogP contribution in [-0.2, 0) is 27.9 Å². The Morgan fingerprint density at radius 2 is 0.926 bits per heavy atom. The van der Waals surface area contributed by atoms with Crippen molar-refractivity contribution >= 4 is 13.8 Å². The Balaban J connectivity index is 3.96. The molecule has 0 saturated carbocycles. The van der Waals surface area contributed by atoms with E-state index in [-0.39, 0.29) is 32.3 Å². The van der Waals surface area contributed by atoms with Crippen LogP contribution in [0.25, 0.3) is 0 Å². The SMILES string of the molecule is CCCCCCCC/C=C\CCCCCCCCCCOCC(COP(=O)(O)OCCN)OC(=O)CCCCCCCCCCCCCCCCCCC. The van der Waals surface area contributed by atoms with Crippen molar-refractivity contribution in [1.82, 2.24) is 0 Å². The summed E-state index contributed by atoms with van der Waals surface area (Å²) in [6, 6.07) is 0. The highest BCUT2D eigenvalue weighted by Gasteiger charge is 2.25. The molecule has 0 spiro atoms. The Labute approximate surface area is 334 Å². The molecule has 0 amide bonds. The van der Waals surface area contributed by atoms with Crippen LogP contribution in [-0.4, -0.2) is 49.9 Å². The Bertz CT molecular complexity index is 843. The number of phosphoric ester groups is 1. The summed E-state index contributed by atoms with van der Waals surface area (Å²) in [5.41, 5.74) is 5.38. The first kappa shape index (κ1) is 53.2. The highest BCUT2D eigenvalue weighted by atomic mass is 31.2. The van der Waals surface area contributed by atoms with Crippen LogP contribution in [0.4, 0.5) is 0 Å². The van der Waals surface area contributed by atoms with Crippen LogP contribution < -0.4 is 5.73 Å². The number of unbranched alkanes of at least 4 members (excludes halogenated alkanes) is 30. The first-order chi connectivity index (χ1) is 26.4. The normalized spacial score (nSPS) is 13.5. The lowest BCUT2D eigenvalue weighted by atomic mass is 10.0. The first-order valence-corrected chi connectivity index (χ1v) is 24.7. The van der Waals surface area contributed by atoms with Gasteiger partial charge in [-0.1, -0.05) is 199 Å². The van der Waals surface area contributed by atoms with Gasteiger partial charge in [-0.3, -0.25) is 13.8 Å². The van der Waals surface area contributed by atoms with Crippen molar-refractivity contribution in [2.45, 2.75) is 238 Å². The summed E-state index contributed by atoms with van der Waals surface area (Å²) in [6.07, 6.45) is 46.6. The number of nitrogens with two attached hydrogens (primary N) is 1. The van der Waals surface area contributed by atoms with Crippen LogP contribution in [0.15, 0.2) is 12.2 Å². The largest absolute Gasteiger partial charge is 0.472 e. The lowest BCUT2D eigenvalue weighted by molar-refractivity contribution is -0.154. The van der Waals surface area contributed by atoms with Crippen LogP contribution in [0.1, 0.15) is 232 Å². The molecule has 0 aliphatic rings. The number of hydrogen-bond donors (Lipinski definition) is 2. The molecule has 0 aliphatic heterocycles. The predicted molar refractivity (Wildman–Crippen MR) is 229 cm³/mol. The highest BCUT2D eigenvalue weighted by Crippen LogP contribution is 2.43. The summed E-state index contributed by atoms with van der Waals surface area (Å²) < 4.78 is 33.5. The molecule has 0 aromatic rings. The minimum absolute atomic E-state index is 0.0925. The van der Waals surface area contributed by atoms with Gasteiger partial charge in [-0.25, -0.2) is 4.57 Å². The standard InChI is InChI=1S/C45H90NO7P/c1-3-5-7-9-11-13-15-17-19-21-23-25-27-29-31-33-35-37-40-50-42-44(43-52-54(48,49)51-41-39-46)53-45(47)38-36-34-32-30-28-26-24-22-20-18-16-14-12-10-8-6-4-2/h17,19,44H,3-16,18,20-43,46H2,1-2H3,(H,48,49)/b19-17-. The Hall–Kier alpha value is -0.760. The molecular formula is C45H90NO7P. The zero-order chi connectivity index (χ0) is 39.5. The molecule has 2 unspecified atom stereocenters. The number of phosphoric acid groups is 1. The van der Waals surface area contributed by atoms with Gasteiger partial charge in [0.05, 0.1) is 19.8 Å². The minimum Gasteiger partial charge on any atom is -0.457 e. The number of carbonyl (C=O) groups excluding carboxylic acids is 1. The van der Waals surface area contributed by atoms with E-state index in [9.17, 15) is 14.3 Å². The fourth-order valence-corrected chi connectivity index (χ4v) is 7.52. The van der Waals surface area contributed by atoms with Gasteiger partial charge in [0, 0.05) is 19.6 Å². The highest BCUT2D eigenvalue weighted by molar-refractivity contribution is 7.47. The maximum absolute atomic E-state index is 12.6. The smallest absolute Gasteiger partial charge is 0.457 e. The molecule has 0 aliphatic carbocycles. The van der Waals surface area contributed by atoms with Crippen LogP contribution in [0.3, 0.4) is 0 Å². The molecule has 322 valence electrons. The van der Waals surface area contributed by atoms with Crippen molar-refractivity contribution in [2.75, 3.05) is 33.0 Å². The topological polar surface area (TPSA) is 117 Å². The average Bonchev–Trinajstić information content (AvgIpc) is 3.16. The third-order valence-electron chi connectivity index (χ3n) is 10.2. The van der Waals surface area contributed by atoms with E-state index in [0.29, 0.717) is 13.0 Å². The second-order valence-electron chi connectivity index (χ2n) is 15.6. The molecule has 0 aromatic carbocycles. The van der Waals surface area contributed by atoms with E-state index in [1.165, 1.54) is 180 Å². The van der Waals surface area contributed by atoms with Crippen LogP contribution in [0.2, 0.25) is 0 Å². The van der Waals surface area contributed by atoms with E-state index in [2.05, 4.69) is 26.0 Å². The van der Waals surface area contributed by atoms with E-state index in [1.54, 1.807) is 0 Å². The summed E-state index contributed by atoms with van der Waals surface area (Å²) in [5, 5.41) is 0. The van der Waals surface area contributed by atoms with Gasteiger partial charge in [-0.15, -0.1) is 0 Å². The van der Waals surface area contributed by atoms with Crippen LogP contribution >= 0.6 is 7.82 Å². The van der Waals surface area contributed by atoms with Gasteiger partial charge < -0.3 is 20.1 Å². The quantitative estimate of drug-likeness (QED) is 0.0271. The molecule has 0 heterocycles. The molecule has 2 atom stereocenters. The van der Waals surface area contributed by atoms with E-state index in [1.807, 2.05) is 0 Å². The van der Waals surface area contributed by atoms with Crippen molar-refractivity contribution in [3.63, 3.8) is 0 Å². The first-order valence-electron chi connectivity index (χ1n) is 23.2. The number of hydrogen-bond acceptors (Lipinski definition) is 7. The number of rotatable bonds is 45. The Morgan fingerprint density at radius 3 is 1.35 bits per heavy atom. The van der Waals surface area contributed by atoms with E-state index in [4.69, 9.17) is 24.3 Å². The monoisotopic (exact) mass is 788 g/mol. The fourth-order valence-electron chi connectivity index (χ4n) is 6.76. The predicted octanol–water partition coefficient (Wildman–Crippen LogP) is 13.9. The molecule has 0 saturated heterocycles. The molecule has 0 radical (unpaired) electrons. The molecule has 0 rings (SSSR count). The number of ether oxygens (including phenoxy) is 2. The second kappa shape index (κ2) is 43.4. The number of allylic oxidation sites excluding steroid dienone is 2. The van der Waals surface area contributed by atoms with Gasteiger partial charge in [-0.2, -0.15) is 0 Å². The third kappa shape index (κ3) is 42.4. The molecular weight excluding hydrogens is 697 g/mol. The van der Waals surface area contributed by atoms with E-state index in [0.717, 1.165) is 32.1 Å². The Morgan fingerprint density at radius 1 is 0.537 bits per heavy atom. The van der Waals surface area contributed by atoms with Gasteiger partial charge in [-0.05, 0) is 38.5 Å². The van der Waals surface area contributed by atoms with Crippen LogP contribution in [0.5, 0.6) is 0 Å². The number of carbonyl (C=O) groups is 1. The summed E-state index contributed by atoms with van der Waals surface area (Å²) in [5.74, 6) is -0.326. The average molecular weight is 788 g/mol. The summed E-state index contributed by atoms with van der Waals surface area (Å²) >= 11 is 0. The Kier molecular flexibility index (Phi) is 42.8. The zero-order valence-electron chi connectivity index (χ0n) is 35.7. The summed E-state index contributed by atoms with van der Waals surface area (Å²) in [7, 11) is -4.27. The molecule has 0 bridgehead atoms. The van der Waals surface area contributed by atoms with Crippen LogP contribution in [0, 0.1) is 0 Å². The summed E-state index contributed by atoms with van der Waals surface area (Å²) in [4.78, 5) is 22.5. The zero-order valence-corrected chi connectivity index (χ0v) is 36.6. The molecule has 9 heteroatoms. The van der Waals surface area contributed by atoms with Gasteiger partial charge in [0.2, 0.25) is 0 Å². The maximum Gasteiger partial charge on any atom is 0.472 e. The lowest BCUT2D eigenvalue weighted by Crippen LogP contribution is -2.28. The second-order valence-corrected chi connectivity index (χ2v) is 17.1. The van der Waals surface area contributed by atoms with E-state index >= 15 is 0 Å². The molecule has 0 fully saturated rings. The van der Waals surface area contributed by atoms with Crippen molar-refractivity contribution in [1.29, 1.82) is 0 Å². The summed E-state index contributed by atoms with van der Waals surface area (Å²) in [6.45, 7) is 4.96. The maximum atomic E-state index is 12.6. The lowest BCUT2D eigenvalue weighted by Gasteiger charge is -2.20. The molecule has 0 aromatic heterocycles. The van der Waals surface area contributed by atoms with Crippen molar-refractivity contribution < 1.29 is 32.8 Å². The molecule has 8 nitrogen and oxygen atoms in total.